The predicted molar refractivity (Wildman–Crippen MR) is 123 cm³/mol. The van der Waals surface area contributed by atoms with Crippen molar-refractivity contribution >= 4 is 23.2 Å². The molecule has 0 aliphatic heterocycles. The van der Waals surface area contributed by atoms with Crippen LogP contribution in [0.25, 0.3) is 16.9 Å². The number of aliphatic hydroxyl groups excluding tert-OH is 1. The van der Waals surface area contributed by atoms with Gasteiger partial charge in [0.15, 0.2) is 0 Å². The molecule has 0 saturated heterocycles. The topological polar surface area (TPSA) is 38.1 Å². The summed E-state index contributed by atoms with van der Waals surface area (Å²) < 4.78 is 1.91. The van der Waals surface area contributed by atoms with Crippen molar-refractivity contribution in [2.24, 2.45) is 5.92 Å². The van der Waals surface area contributed by atoms with Gasteiger partial charge in [0.1, 0.15) is 0 Å². The minimum absolute atomic E-state index is 0.551. The molecule has 1 atom stereocenters. The third-order valence-electron chi connectivity index (χ3n) is 6.63. The highest BCUT2D eigenvalue weighted by Crippen LogP contribution is 2.44. The van der Waals surface area contributed by atoms with Gasteiger partial charge in [0, 0.05) is 22.6 Å². The van der Waals surface area contributed by atoms with Crippen LogP contribution in [0.2, 0.25) is 10.0 Å². The number of halogens is 2. The predicted octanol–water partition coefficient (Wildman–Crippen LogP) is 7.06. The van der Waals surface area contributed by atoms with E-state index in [1.54, 1.807) is 6.07 Å². The fraction of sp³-hybridized carbons (Fsp3) is 0.400. The van der Waals surface area contributed by atoms with Gasteiger partial charge in [0.2, 0.25) is 0 Å². The lowest BCUT2D eigenvalue weighted by atomic mass is 9.84. The molecule has 1 unspecified atom stereocenters. The zero-order valence-corrected chi connectivity index (χ0v) is 18.7. The molecule has 3 nitrogen and oxygen atoms in total. The quantitative estimate of drug-likeness (QED) is 0.368. The van der Waals surface area contributed by atoms with Gasteiger partial charge in [-0.1, -0.05) is 79.1 Å². The average molecular weight is 441 g/mol. The first-order chi connectivity index (χ1) is 14.5. The van der Waals surface area contributed by atoms with Crippen LogP contribution in [0.3, 0.4) is 0 Å². The minimum Gasteiger partial charge on any atom is -0.387 e. The number of benzene rings is 2. The highest BCUT2D eigenvalue weighted by Gasteiger charge is 2.32. The van der Waals surface area contributed by atoms with Gasteiger partial charge in [-0.25, -0.2) is 4.68 Å². The lowest BCUT2D eigenvalue weighted by Gasteiger charge is -2.23. The molecule has 156 valence electrons. The van der Waals surface area contributed by atoms with Crippen LogP contribution in [0.5, 0.6) is 0 Å². The van der Waals surface area contributed by atoms with E-state index in [1.165, 1.54) is 48.8 Å². The maximum Gasteiger partial charge on any atom is 0.0984 e. The number of hydrogen-bond acceptors (Lipinski definition) is 2. The molecule has 3 aromatic rings. The standard InChI is InChI=1S/C25H26Cl2N2O/c1-15-7-9-19-17(11-15)13-20-24(23(30)12-16-5-3-2-4-6-16)28-29(25(19)20)22-10-8-18(26)14-21(22)27/h7-11,14,16,23,30H,2-6,12-13H2,1H3. The summed E-state index contributed by atoms with van der Waals surface area (Å²) in [6.45, 7) is 2.12. The highest BCUT2D eigenvalue weighted by atomic mass is 35.5. The van der Waals surface area contributed by atoms with Crippen molar-refractivity contribution in [3.05, 3.63) is 68.8 Å². The maximum absolute atomic E-state index is 11.2. The zero-order chi connectivity index (χ0) is 20.8. The minimum atomic E-state index is -0.551. The molecular formula is C25H26Cl2N2O. The number of fused-ring (bicyclic) bond motifs is 3. The van der Waals surface area contributed by atoms with Gasteiger partial charge >= 0.3 is 0 Å². The molecule has 1 aromatic heterocycles. The Morgan fingerprint density at radius 2 is 1.90 bits per heavy atom. The van der Waals surface area contributed by atoms with E-state index < -0.39 is 6.10 Å². The van der Waals surface area contributed by atoms with E-state index in [9.17, 15) is 5.11 Å². The van der Waals surface area contributed by atoms with Gasteiger partial charge in [-0.3, -0.25) is 0 Å². The first-order valence-electron chi connectivity index (χ1n) is 10.9. The van der Waals surface area contributed by atoms with E-state index >= 15 is 0 Å². The SMILES string of the molecule is Cc1ccc2c(c1)Cc1c(C(O)CC3CCCCC3)nn(-c3ccc(Cl)cc3Cl)c1-2. The Labute approximate surface area is 187 Å². The number of hydrogen-bond donors (Lipinski definition) is 1. The molecule has 0 spiro atoms. The molecule has 2 aliphatic rings. The summed E-state index contributed by atoms with van der Waals surface area (Å²) in [4.78, 5) is 0. The van der Waals surface area contributed by atoms with Gasteiger partial charge in [-0.05, 0) is 43.0 Å². The van der Waals surface area contributed by atoms with Gasteiger partial charge in [-0.15, -0.1) is 0 Å². The van der Waals surface area contributed by atoms with Crippen molar-refractivity contribution in [3.8, 4) is 16.9 Å². The largest absolute Gasteiger partial charge is 0.387 e. The molecule has 0 radical (unpaired) electrons. The van der Waals surface area contributed by atoms with Crippen LogP contribution in [0.15, 0.2) is 36.4 Å². The monoisotopic (exact) mass is 440 g/mol. The second kappa shape index (κ2) is 8.03. The highest BCUT2D eigenvalue weighted by molar-refractivity contribution is 6.35. The van der Waals surface area contributed by atoms with Gasteiger partial charge in [0.25, 0.3) is 0 Å². The van der Waals surface area contributed by atoms with E-state index in [4.69, 9.17) is 28.3 Å². The second-order valence-corrected chi connectivity index (χ2v) is 9.66. The molecule has 5 heteroatoms. The Morgan fingerprint density at radius 1 is 1.10 bits per heavy atom. The summed E-state index contributed by atoms with van der Waals surface area (Å²) in [5.74, 6) is 0.583. The number of rotatable bonds is 4. The van der Waals surface area contributed by atoms with E-state index in [1.807, 2.05) is 16.8 Å². The Morgan fingerprint density at radius 3 is 2.67 bits per heavy atom. The number of nitrogens with zero attached hydrogens (tertiary/aromatic N) is 2. The van der Waals surface area contributed by atoms with Crippen LogP contribution in [0, 0.1) is 12.8 Å². The summed E-state index contributed by atoms with van der Waals surface area (Å²) in [6, 6.07) is 12.0. The van der Waals surface area contributed by atoms with E-state index in [0.29, 0.717) is 16.0 Å². The number of aromatic nitrogens is 2. The molecule has 5 rings (SSSR count). The molecule has 1 heterocycles. The van der Waals surface area contributed by atoms with Crippen molar-refractivity contribution in [2.45, 2.75) is 58.0 Å². The van der Waals surface area contributed by atoms with E-state index in [2.05, 4.69) is 25.1 Å². The molecule has 2 aliphatic carbocycles. The molecule has 1 fully saturated rings. The van der Waals surface area contributed by atoms with Crippen molar-refractivity contribution < 1.29 is 5.11 Å². The molecule has 1 N–H and O–H groups in total. The molecule has 0 bridgehead atoms. The molecule has 0 amide bonds. The zero-order valence-electron chi connectivity index (χ0n) is 17.2. The van der Waals surface area contributed by atoms with Crippen molar-refractivity contribution in [3.63, 3.8) is 0 Å². The molecule has 2 aromatic carbocycles. The lowest BCUT2D eigenvalue weighted by molar-refractivity contribution is 0.126. The molecule has 1 saturated carbocycles. The van der Waals surface area contributed by atoms with Crippen LogP contribution in [0.4, 0.5) is 0 Å². The summed E-state index contributed by atoms with van der Waals surface area (Å²) >= 11 is 12.7. The normalized spacial score (nSPS) is 17.1. The first kappa shape index (κ1) is 20.1. The fourth-order valence-electron chi connectivity index (χ4n) is 5.15. The van der Waals surface area contributed by atoms with Crippen LogP contribution >= 0.6 is 23.2 Å². The maximum atomic E-state index is 11.2. The summed E-state index contributed by atoms with van der Waals surface area (Å²) in [5.41, 5.74) is 7.47. The number of aryl methyl sites for hydroxylation is 1. The van der Waals surface area contributed by atoms with Gasteiger partial charge in [-0.2, -0.15) is 5.10 Å². The molecular weight excluding hydrogens is 415 g/mol. The van der Waals surface area contributed by atoms with Gasteiger partial charge in [0.05, 0.1) is 28.2 Å². The Balaban J connectivity index is 1.60. The Kier molecular flexibility index (Phi) is 5.38. The third kappa shape index (κ3) is 3.57. The van der Waals surface area contributed by atoms with Crippen LogP contribution in [-0.4, -0.2) is 14.9 Å². The average Bonchev–Trinajstić information content (AvgIpc) is 3.25. The van der Waals surface area contributed by atoms with E-state index in [0.717, 1.165) is 35.5 Å². The van der Waals surface area contributed by atoms with Crippen molar-refractivity contribution in [1.29, 1.82) is 0 Å². The third-order valence-corrected chi connectivity index (χ3v) is 7.17. The summed E-state index contributed by atoms with van der Waals surface area (Å²) in [7, 11) is 0. The summed E-state index contributed by atoms with van der Waals surface area (Å²) in [6.07, 6.45) is 7.32. The number of aliphatic hydroxyl groups is 1. The van der Waals surface area contributed by atoms with E-state index in [-0.39, 0.29) is 0 Å². The second-order valence-electron chi connectivity index (χ2n) is 8.81. The van der Waals surface area contributed by atoms with Gasteiger partial charge < -0.3 is 5.11 Å². The lowest BCUT2D eigenvalue weighted by Crippen LogP contribution is -2.13. The summed E-state index contributed by atoms with van der Waals surface area (Å²) in [5, 5.41) is 17.3. The van der Waals surface area contributed by atoms with Crippen molar-refractivity contribution in [1.82, 2.24) is 9.78 Å². The molecule has 30 heavy (non-hydrogen) atoms. The first-order valence-corrected chi connectivity index (χ1v) is 11.6. The van der Waals surface area contributed by atoms with Crippen LogP contribution < -0.4 is 0 Å². The van der Waals surface area contributed by atoms with Crippen LogP contribution in [-0.2, 0) is 6.42 Å². The Bertz CT molecular complexity index is 1100. The van der Waals surface area contributed by atoms with Crippen LogP contribution in [0.1, 0.15) is 67.0 Å². The van der Waals surface area contributed by atoms with Crippen molar-refractivity contribution in [2.75, 3.05) is 0 Å². The smallest absolute Gasteiger partial charge is 0.0984 e. The Hall–Kier alpha value is -1.81. The fourth-order valence-corrected chi connectivity index (χ4v) is 5.64.